The average Bonchev–Trinajstić information content (AvgIpc) is 2.95. The molecule has 1 heterocycles. The lowest BCUT2D eigenvalue weighted by Gasteiger charge is -2.12. The minimum Gasteiger partial charge on any atom is -0.370 e. The van der Waals surface area contributed by atoms with Gasteiger partial charge in [-0.15, -0.1) is 10.2 Å². The molecular formula is C16H23N5S. The maximum absolute atomic E-state index is 5.91. The molecule has 0 aliphatic rings. The number of nitrogens with zero attached hydrogens (tertiary/aromatic N) is 3. The van der Waals surface area contributed by atoms with E-state index in [1.807, 2.05) is 12.1 Å². The number of hydrogen-bond acceptors (Lipinski definition) is 4. The third-order valence-electron chi connectivity index (χ3n) is 3.13. The standard InChI is InChI=1S/C16H23N5S/c1-5-11-6-8-12(9-7-11)19-15(17)18-10-13-20-21-14(22-13)16(2,3)4/h6-9H,5,10H2,1-4H3,(H3,17,18,19). The quantitative estimate of drug-likeness (QED) is 0.670. The molecule has 0 spiro atoms. The van der Waals surface area contributed by atoms with Gasteiger partial charge in [-0.25, -0.2) is 4.99 Å². The fourth-order valence-corrected chi connectivity index (χ4v) is 2.61. The van der Waals surface area contributed by atoms with Gasteiger partial charge in [0.2, 0.25) is 0 Å². The fourth-order valence-electron chi connectivity index (χ4n) is 1.78. The molecule has 0 aliphatic carbocycles. The Hall–Kier alpha value is -1.95. The zero-order chi connectivity index (χ0) is 16.2. The second kappa shape index (κ2) is 6.87. The van der Waals surface area contributed by atoms with Crippen molar-refractivity contribution in [2.24, 2.45) is 10.7 Å². The number of guanidine groups is 1. The maximum atomic E-state index is 5.91. The van der Waals surface area contributed by atoms with Crippen LogP contribution in [0.3, 0.4) is 0 Å². The summed E-state index contributed by atoms with van der Waals surface area (Å²) in [7, 11) is 0. The summed E-state index contributed by atoms with van der Waals surface area (Å²) in [6.07, 6.45) is 1.02. The molecule has 0 saturated heterocycles. The van der Waals surface area contributed by atoms with Crippen LogP contribution in [0.25, 0.3) is 0 Å². The summed E-state index contributed by atoms with van der Waals surface area (Å²) < 4.78 is 0. The van der Waals surface area contributed by atoms with Crippen molar-refractivity contribution in [2.75, 3.05) is 5.32 Å². The second-order valence-electron chi connectivity index (χ2n) is 6.13. The number of nitrogens with two attached hydrogens (primary N) is 1. The predicted molar refractivity (Wildman–Crippen MR) is 93.4 cm³/mol. The van der Waals surface area contributed by atoms with Gasteiger partial charge in [0.25, 0.3) is 0 Å². The maximum Gasteiger partial charge on any atom is 0.193 e. The highest BCUT2D eigenvalue weighted by Crippen LogP contribution is 2.25. The Bertz CT molecular complexity index is 637. The van der Waals surface area contributed by atoms with Crippen molar-refractivity contribution in [2.45, 2.75) is 46.1 Å². The number of rotatable bonds is 4. The van der Waals surface area contributed by atoms with E-state index in [0.29, 0.717) is 12.5 Å². The van der Waals surface area contributed by atoms with Crippen LogP contribution in [0, 0.1) is 0 Å². The first-order valence-electron chi connectivity index (χ1n) is 7.37. The molecule has 2 rings (SSSR count). The van der Waals surface area contributed by atoms with Gasteiger partial charge in [-0.3, -0.25) is 0 Å². The summed E-state index contributed by atoms with van der Waals surface area (Å²) in [5.74, 6) is 0.386. The minimum atomic E-state index is 0.0183. The SMILES string of the molecule is CCc1ccc(NC(N)=NCc2nnc(C(C)(C)C)s2)cc1. The van der Waals surface area contributed by atoms with Gasteiger partial charge in [0.05, 0.1) is 6.54 Å². The summed E-state index contributed by atoms with van der Waals surface area (Å²) in [5.41, 5.74) is 8.16. The number of hydrogen-bond donors (Lipinski definition) is 2. The van der Waals surface area contributed by atoms with E-state index in [4.69, 9.17) is 5.73 Å². The monoisotopic (exact) mass is 317 g/mol. The van der Waals surface area contributed by atoms with Crippen molar-refractivity contribution in [3.05, 3.63) is 39.8 Å². The molecule has 3 N–H and O–H groups in total. The van der Waals surface area contributed by atoms with Crippen LogP contribution in [0.4, 0.5) is 5.69 Å². The molecule has 0 bridgehead atoms. The van der Waals surface area contributed by atoms with Crippen LogP contribution in [-0.2, 0) is 18.4 Å². The largest absolute Gasteiger partial charge is 0.370 e. The molecule has 0 atom stereocenters. The minimum absolute atomic E-state index is 0.0183. The zero-order valence-electron chi connectivity index (χ0n) is 13.6. The molecular weight excluding hydrogens is 294 g/mol. The molecule has 0 saturated carbocycles. The number of aryl methyl sites for hydroxylation is 1. The molecule has 0 amide bonds. The van der Waals surface area contributed by atoms with Gasteiger partial charge in [0, 0.05) is 11.1 Å². The number of anilines is 1. The lowest BCUT2D eigenvalue weighted by Crippen LogP contribution is -2.22. The van der Waals surface area contributed by atoms with Crippen LogP contribution in [-0.4, -0.2) is 16.2 Å². The van der Waals surface area contributed by atoms with Gasteiger partial charge in [0.15, 0.2) is 5.96 Å². The van der Waals surface area contributed by atoms with Gasteiger partial charge in [-0.2, -0.15) is 0 Å². The van der Waals surface area contributed by atoms with Crippen LogP contribution >= 0.6 is 11.3 Å². The van der Waals surface area contributed by atoms with Gasteiger partial charge >= 0.3 is 0 Å². The van der Waals surface area contributed by atoms with E-state index in [2.05, 4.69) is 60.3 Å². The van der Waals surface area contributed by atoms with Crippen LogP contribution in [0.15, 0.2) is 29.3 Å². The highest BCUT2D eigenvalue weighted by atomic mass is 32.1. The Morgan fingerprint density at radius 2 is 1.91 bits per heavy atom. The average molecular weight is 317 g/mol. The van der Waals surface area contributed by atoms with Gasteiger partial charge < -0.3 is 11.1 Å². The Labute approximate surface area is 135 Å². The Balaban J connectivity index is 1.95. The topological polar surface area (TPSA) is 76.2 Å². The van der Waals surface area contributed by atoms with Crippen molar-refractivity contribution in [3.8, 4) is 0 Å². The molecule has 118 valence electrons. The molecule has 6 heteroatoms. The van der Waals surface area contributed by atoms with E-state index in [1.165, 1.54) is 5.56 Å². The Morgan fingerprint density at radius 3 is 2.45 bits per heavy atom. The molecule has 1 aromatic heterocycles. The number of benzene rings is 1. The molecule has 5 nitrogen and oxygen atoms in total. The van der Waals surface area contributed by atoms with Crippen LogP contribution in [0.1, 0.15) is 43.3 Å². The number of aliphatic imine (C=N–C) groups is 1. The van der Waals surface area contributed by atoms with E-state index in [9.17, 15) is 0 Å². The van der Waals surface area contributed by atoms with Crippen LogP contribution < -0.4 is 11.1 Å². The highest BCUT2D eigenvalue weighted by molar-refractivity contribution is 7.11. The molecule has 2 aromatic rings. The molecule has 0 unspecified atom stereocenters. The van der Waals surface area contributed by atoms with Crippen molar-refractivity contribution in [3.63, 3.8) is 0 Å². The number of aromatic nitrogens is 2. The van der Waals surface area contributed by atoms with Gasteiger partial charge in [-0.05, 0) is 24.1 Å². The third kappa shape index (κ3) is 4.53. The molecule has 1 aromatic carbocycles. The molecule has 0 aliphatic heterocycles. The van der Waals surface area contributed by atoms with E-state index >= 15 is 0 Å². The van der Waals surface area contributed by atoms with Gasteiger partial charge in [0.1, 0.15) is 10.0 Å². The smallest absolute Gasteiger partial charge is 0.193 e. The Morgan fingerprint density at radius 1 is 1.23 bits per heavy atom. The highest BCUT2D eigenvalue weighted by Gasteiger charge is 2.19. The first-order chi connectivity index (χ1) is 10.4. The van der Waals surface area contributed by atoms with E-state index in [1.54, 1.807) is 11.3 Å². The second-order valence-corrected chi connectivity index (χ2v) is 7.19. The lowest BCUT2D eigenvalue weighted by molar-refractivity contribution is 0.577. The first kappa shape index (κ1) is 16.4. The predicted octanol–water partition coefficient (Wildman–Crippen LogP) is 3.32. The first-order valence-corrected chi connectivity index (χ1v) is 8.19. The number of nitrogens with one attached hydrogen (secondary N) is 1. The zero-order valence-corrected chi connectivity index (χ0v) is 14.4. The normalized spacial score (nSPS) is 12.5. The van der Waals surface area contributed by atoms with Crippen LogP contribution in [0.2, 0.25) is 0 Å². The summed E-state index contributed by atoms with van der Waals surface area (Å²) in [4.78, 5) is 4.32. The third-order valence-corrected chi connectivity index (χ3v) is 4.46. The Kier molecular flexibility index (Phi) is 5.13. The summed E-state index contributed by atoms with van der Waals surface area (Å²) in [5, 5.41) is 13.3. The fraction of sp³-hybridized carbons (Fsp3) is 0.438. The van der Waals surface area contributed by atoms with Crippen molar-refractivity contribution < 1.29 is 0 Å². The lowest BCUT2D eigenvalue weighted by atomic mass is 9.98. The van der Waals surface area contributed by atoms with Crippen molar-refractivity contribution in [1.29, 1.82) is 0 Å². The molecule has 0 radical (unpaired) electrons. The summed E-state index contributed by atoms with van der Waals surface area (Å²) in [6, 6.07) is 8.17. The van der Waals surface area contributed by atoms with Crippen LogP contribution in [0.5, 0.6) is 0 Å². The molecule has 0 fully saturated rings. The van der Waals surface area contributed by atoms with E-state index in [-0.39, 0.29) is 5.41 Å². The van der Waals surface area contributed by atoms with Gasteiger partial charge in [-0.1, -0.05) is 51.2 Å². The molecule has 22 heavy (non-hydrogen) atoms. The van der Waals surface area contributed by atoms with E-state index in [0.717, 1.165) is 22.1 Å². The van der Waals surface area contributed by atoms with Crippen molar-refractivity contribution in [1.82, 2.24) is 10.2 Å². The van der Waals surface area contributed by atoms with E-state index < -0.39 is 0 Å². The van der Waals surface area contributed by atoms with Crippen molar-refractivity contribution >= 4 is 23.0 Å². The summed E-state index contributed by atoms with van der Waals surface area (Å²) in [6.45, 7) is 8.94. The summed E-state index contributed by atoms with van der Waals surface area (Å²) >= 11 is 1.58.